The van der Waals surface area contributed by atoms with Crippen molar-refractivity contribution in [3.05, 3.63) is 18.0 Å². The first-order chi connectivity index (χ1) is 10.2. The highest BCUT2D eigenvalue weighted by molar-refractivity contribution is 5.93. The van der Waals surface area contributed by atoms with Gasteiger partial charge in [-0.2, -0.15) is 5.10 Å². The maximum atomic E-state index is 12.5. The lowest BCUT2D eigenvalue weighted by Gasteiger charge is -2.32. The summed E-state index contributed by atoms with van der Waals surface area (Å²) < 4.78 is 1.80. The predicted octanol–water partition coefficient (Wildman–Crippen LogP) is 1.96. The topological polar surface area (TPSA) is 75.4 Å². The second-order valence-corrected chi connectivity index (χ2v) is 7.59. The Hall–Kier alpha value is -1.85. The number of hydrogen-bond donors (Lipinski definition) is 1. The van der Waals surface area contributed by atoms with Crippen LogP contribution in [-0.2, 0) is 10.3 Å². The molecular weight excluding hydrogens is 282 g/mol. The number of carbonyl (C=O) groups is 2. The van der Waals surface area contributed by atoms with Crippen molar-refractivity contribution >= 4 is 11.9 Å². The number of piperidine rings is 1. The van der Waals surface area contributed by atoms with Crippen LogP contribution in [0.15, 0.2) is 12.4 Å². The van der Waals surface area contributed by atoms with Crippen molar-refractivity contribution in [1.82, 2.24) is 14.7 Å². The minimum absolute atomic E-state index is 0.00197. The normalized spacial score (nSPS) is 23.6. The third-order valence-electron chi connectivity index (χ3n) is 5.05. The van der Waals surface area contributed by atoms with Crippen LogP contribution < -0.4 is 0 Å². The standard InChI is InChI=1S/C16H23N3O3/c1-15(2,3)19-10-11(9-17-19)13(20)18-6-4-16(5-7-18)8-12(16)14(21)22/h9-10,12H,4-8H2,1-3H3,(H,21,22). The van der Waals surface area contributed by atoms with Crippen molar-refractivity contribution < 1.29 is 14.7 Å². The average Bonchev–Trinajstić information content (AvgIpc) is 2.93. The molecule has 0 radical (unpaired) electrons. The van der Waals surface area contributed by atoms with E-state index >= 15 is 0 Å². The molecule has 22 heavy (non-hydrogen) atoms. The van der Waals surface area contributed by atoms with E-state index in [-0.39, 0.29) is 22.8 Å². The number of nitrogens with zero attached hydrogens (tertiary/aromatic N) is 3. The van der Waals surface area contributed by atoms with E-state index < -0.39 is 5.97 Å². The molecule has 1 spiro atoms. The molecule has 1 atom stereocenters. The number of carboxylic acid groups (broad SMARTS) is 1. The Bertz CT molecular complexity index is 606. The van der Waals surface area contributed by atoms with Gasteiger partial charge < -0.3 is 10.0 Å². The van der Waals surface area contributed by atoms with Crippen LogP contribution in [0, 0.1) is 11.3 Å². The van der Waals surface area contributed by atoms with E-state index in [1.165, 1.54) is 0 Å². The molecule has 1 saturated carbocycles. The van der Waals surface area contributed by atoms with E-state index in [0.29, 0.717) is 18.7 Å². The van der Waals surface area contributed by atoms with Crippen molar-refractivity contribution in [2.45, 2.75) is 45.6 Å². The van der Waals surface area contributed by atoms with Gasteiger partial charge >= 0.3 is 5.97 Å². The third-order valence-corrected chi connectivity index (χ3v) is 5.05. The molecule has 1 amide bonds. The van der Waals surface area contributed by atoms with E-state index in [1.54, 1.807) is 17.1 Å². The lowest BCUT2D eigenvalue weighted by atomic mass is 9.90. The molecule has 6 nitrogen and oxygen atoms in total. The molecule has 1 aromatic rings. The second kappa shape index (κ2) is 4.83. The first-order valence-corrected chi connectivity index (χ1v) is 7.80. The molecule has 120 valence electrons. The van der Waals surface area contributed by atoms with E-state index in [2.05, 4.69) is 5.10 Å². The van der Waals surface area contributed by atoms with Gasteiger partial charge in [-0.1, -0.05) is 0 Å². The van der Waals surface area contributed by atoms with Gasteiger partial charge in [-0.15, -0.1) is 0 Å². The summed E-state index contributed by atoms with van der Waals surface area (Å²) in [5.74, 6) is -0.891. The first kappa shape index (κ1) is 15.1. The van der Waals surface area contributed by atoms with Gasteiger partial charge in [-0.05, 0) is 45.4 Å². The van der Waals surface area contributed by atoms with E-state index in [0.717, 1.165) is 19.3 Å². The fraction of sp³-hybridized carbons (Fsp3) is 0.688. The Morgan fingerprint density at radius 3 is 2.41 bits per heavy atom. The number of carboxylic acids is 1. The monoisotopic (exact) mass is 305 g/mol. The summed E-state index contributed by atoms with van der Waals surface area (Å²) in [5, 5.41) is 13.4. The Morgan fingerprint density at radius 2 is 1.95 bits per heavy atom. The molecule has 0 aromatic carbocycles. The Balaban J connectivity index is 1.63. The van der Waals surface area contributed by atoms with Gasteiger partial charge in [-0.3, -0.25) is 14.3 Å². The SMILES string of the molecule is CC(C)(C)n1cc(C(=O)N2CCC3(CC2)CC3C(=O)O)cn1. The van der Waals surface area contributed by atoms with Crippen LogP contribution in [0.1, 0.15) is 50.4 Å². The van der Waals surface area contributed by atoms with Crippen molar-refractivity contribution in [3.63, 3.8) is 0 Å². The quantitative estimate of drug-likeness (QED) is 0.906. The molecule has 0 bridgehead atoms. The highest BCUT2D eigenvalue weighted by Crippen LogP contribution is 2.59. The maximum Gasteiger partial charge on any atom is 0.307 e. The number of amides is 1. The molecule has 2 fully saturated rings. The highest BCUT2D eigenvalue weighted by Gasteiger charge is 2.59. The molecule has 1 saturated heterocycles. The minimum atomic E-state index is -0.689. The van der Waals surface area contributed by atoms with Gasteiger partial charge in [0.2, 0.25) is 0 Å². The molecule has 1 aromatic heterocycles. The fourth-order valence-corrected chi connectivity index (χ4v) is 3.39. The van der Waals surface area contributed by atoms with E-state index in [1.807, 2.05) is 25.7 Å². The van der Waals surface area contributed by atoms with Gasteiger partial charge in [0.15, 0.2) is 0 Å². The fourth-order valence-electron chi connectivity index (χ4n) is 3.39. The summed E-state index contributed by atoms with van der Waals surface area (Å²) in [4.78, 5) is 25.4. The van der Waals surface area contributed by atoms with Crippen molar-refractivity contribution in [2.24, 2.45) is 11.3 Å². The van der Waals surface area contributed by atoms with Crippen LogP contribution in [0.25, 0.3) is 0 Å². The minimum Gasteiger partial charge on any atom is -0.481 e. The summed E-state index contributed by atoms with van der Waals surface area (Å²) in [7, 11) is 0. The second-order valence-electron chi connectivity index (χ2n) is 7.59. The van der Waals surface area contributed by atoms with Gasteiger partial charge in [-0.25, -0.2) is 0 Å². The number of carbonyl (C=O) groups excluding carboxylic acids is 1. The van der Waals surface area contributed by atoms with Crippen molar-refractivity contribution in [3.8, 4) is 0 Å². The van der Waals surface area contributed by atoms with Crippen LogP contribution in [0.4, 0.5) is 0 Å². The van der Waals surface area contributed by atoms with Gasteiger partial charge in [0.05, 0.1) is 23.2 Å². The number of hydrogen-bond acceptors (Lipinski definition) is 3. The number of aliphatic carboxylic acids is 1. The zero-order valence-corrected chi connectivity index (χ0v) is 13.4. The first-order valence-electron chi connectivity index (χ1n) is 7.80. The van der Waals surface area contributed by atoms with Crippen molar-refractivity contribution in [2.75, 3.05) is 13.1 Å². The van der Waals surface area contributed by atoms with Crippen LogP contribution in [0.5, 0.6) is 0 Å². The van der Waals surface area contributed by atoms with Crippen LogP contribution in [-0.4, -0.2) is 44.8 Å². The predicted molar refractivity (Wildman–Crippen MR) is 80.5 cm³/mol. The lowest BCUT2D eigenvalue weighted by molar-refractivity contribution is -0.139. The molecular formula is C16H23N3O3. The Kier molecular flexibility index (Phi) is 3.30. The average molecular weight is 305 g/mol. The van der Waals surface area contributed by atoms with Crippen LogP contribution in [0.2, 0.25) is 0 Å². The summed E-state index contributed by atoms with van der Waals surface area (Å²) in [6.45, 7) is 7.40. The maximum absolute atomic E-state index is 12.5. The van der Waals surface area contributed by atoms with Crippen molar-refractivity contribution in [1.29, 1.82) is 0 Å². The zero-order chi connectivity index (χ0) is 16.1. The smallest absolute Gasteiger partial charge is 0.307 e. The summed E-state index contributed by atoms with van der Waals surface area (Å²) in [6, 6.07) is 0. The molecule has 3 rings (SSSR count). The Morgan fingerprint density at radius 1 is 1.32 bits per heavy atom. The molecule has 1 unspecified atom stereocenters. The van der Waals surface area contributed by atoms with Crippen LogP contribution in [0.3, 0.4) is 0 Å². The summed E-state index contributed by atoms with van der Waals surface area (Å²) >= 11 is 0. The van der Waals surface area contributed by atoms with Gasteiger partial charge in [0.1, 0.15) is 0 Å². The lowest BCUT2D eigenvalue weighted by Crippen LogP contribution is -2.39. The molecule has 2 aliphatic rings. The number of rotatable bonds is 2. The zero-order valence-electron chi connectivity index (χ0n) is 13.4. The number of likely N-dealkylation sites (tertiary alicyclic amines) is 1. The third kappa shape index (κ3) is 2.51. The van der Waals surface area contributed by atoms with E-state index in [4.69, 9.17) is 5.11 Å². The van der Waals surface area contributed by atoms with Gasteiger partial charge in [0.25, 0.3) is 5.91 Å². The summed E-state index contributed by atoms with van der Waals surface area (Å²) in [6.07, 6.45) is 5.78. The molecule has 1 aliphatic carbocycles. The largest absolute Gasteiger partial charge is 0.481 e. The molecule has 6 heteroatoms. The Labute approximate surface area is 130 Å². The van der Waals surface area contributed by atoms with Gasteiger partial charge in [0, 0.05) is 19.3 Å². The number of aromatic nitrogens is 2. The van der Waals surface area contributed by atoms with Crippen LogP contribution >= 0.6 is 0 Å². The molecule has 2 heterocycles. The van der Waals surface area contributed by atoms with E-state index in [9.17, 15) is 9.59 Å². The highest BCUT2D eigenvalue weighted by atomic mass is 16.4. The molecule has 1 N–H and O–H groups in total. The molecule has 1 aliphatic heterocycles. The summed E-state index contributed by atoms with van der Waals surface area (Å²) in [5.41, 5.74) is 0.419.